The summed E-state index contributed by atoms with van der Waals surface area (Å²) < 4.78 is 1.62. The highest BCUT2D eigenvalue weighted by molar-refractivity contribution is 6.30. The lowest BCUT2D eigenvalue weighted by Crippen LogP contribution is -2.05. The van der Waals surface area contributed by atoms with Gasteiger partial charge < -0.3 is 5.11 Å². The molecule has 0 saturated carbocycles. The van der Waals surface area contributed by atoms with Gasteiger partial charge in [0.05, 0.1) is 11.8 Å². The van der Waals surface area contributed by atoms with Crippen LogP contribution < -0.4 is 0 Å². The molecule has 3 nitrogen and oxygen atoms in total. The standard InChI is InChI=1S/C8H13ClN2O/c1-5(12)4-7-6(2)10-11(3)8(7)9/h5,12H,4H2,1-3H3/t5-/m0/s1. The topological polar surface area (TPSA) is 38.0 Å². The molecule has 1 heterocycles. The maximum Gasteiger partial charge on any atom is 0.130 e. The molecule has 1 aromatic heterocycles. The van der Waals surface area contributed by atoms with Crippen LogP contribution in [0.1, 0.15) is 18.2 Å². The van der Waals surface area contributed by atoms with Gasteiger partial charge in [-0.15, -0.1) is 0 Å². The maximum atomic E-state index is 9.17. The van der Waals surface area contributed by atoms with Gasteiger partial charge in [0.25, 0.3) is 0 Å². The molecule has 0 amide bonds. The molecule has 0 aliphatic rings. The fourth-order valence-electron chi connectivity index (χ4n) is 1.20. The second-order valence-electron chi connectivity index (χ2n) is 3.03. The third-order valence-electron chi connectivity index (χ3n) is 1.77. The van der Waals surface area contributed by atoms with E-state index in [0.717, 1.165) is 11.3 Å². The molecule has 68 valence electrons. The zero-order valence-electron chi connectivity index (χ0n) is 7.50. The zero-order valence-corrected chi connectivity index (χ0v) is 8.26. The van der Waals surface area contributed by atoms with Gasteiger partial charge >= 0.3 is 0 Å². The van der Waals surface area contributed by atoms with Gasteiger partial charge in [0, 0.05) is 19.0 Å². The van der Waals surface area contributed by atoms with Crippen LogP contribution in [0.2, 0.25) is 5.15 Å². The van der Waals surface area contributed by atoms with Gasteiger partial charge in [-0.1, -0.05) is 11.6 Å². The van der Waals surface area contributed by atoms with E-state index >= 15 is 0 Å². The van der Waals surface area contributed by atoms with E-state index in [4.69, 9.17) is 16.7 Å². The molecular formula is C8H13ClN2O. The second-order valence-corrected chi connectivity index (χ2v) is 3.39. The van der Waals surface area contributed by atoms with Crippen LogP contribution in [0.25, 0.3) is 0 Å². The molecule has 0 fully saturated rings. The van der Waals surface area contributed by atoms with Crippen LogP contribution in [0.15, 0.2) is 0 Å². The Bertz CT molecular complexity index is 281. The van der Waals surface area contributed by atoms with Crippen molar-refractivity contribution in [2.75, 3.05) is 0 Å². The lowest BCUT2D eigenvalue weighted by molar-refractivity contribution is 0.195. The first-order valence-corrected chi connectivity index (χ1v) is 4.26. The van der Waals surface area contributed by atoms with Gasteiger partial charge in [-0.2, -0.15) is 5.10 Å². The summed E-state index contributed by atoms with van der Waals surface area (Å²) in [4.78, 5) is 0. The average Bonchev–Trinajstić information content (AvgIpc) is 2.16. The second kappa shape index (κ2) is 3.46. The Labute approximate surface area is 77.0 Å². The fraction of sp³-hybridized carbons (Fsp3) is 0.625. The van der Waals surface area contributed by atoms with Crippen LogP contribution in [-0.2, 0) is 13.5 Å². The molecule has 0 aliphatic heterocycles. The van der Waals surface area contributed by atoms with Crippen LogP contribution in [-0.4, -0.2) is 21.0 Å². The zero-order chi connectivity index (χ0) is 9.30. The number of aryl methyl sites for hydroxylation is 2. The number of nitrogens with zero attached hydrogens (tertiary/aromatic N) is 2. The van der Waals surface area contributed by atoms with Crippen molar-refractivity contribution in [2.45, 2.75) is 26.4 Å². The van der Waals surface area contributed by atoms with Crippen molar-refractivity contribution in [3.8, 4) is 0 Å². The minimum atomic E-state index is -0.370. The highest BCUT2D eigenvalue weighted by Crippen LogP contribution is 2.19. The number of aromatic nitrogens is 2. The summed E-state index contributed by atoms with van der Waals surface area (Å²) in [6, 6.07) is 0. The molecule has 0 aromatic carbocycles. The summed E-state index contributed by atoms with van der Waals surface area (Å²) in [6.07, 6.45) is 0.198. The third kappa shape index (κ3) is 1.79. The predicted molar refractivity (Wildman–Crippen MR) is 48.3 cm³/mol. The average molecular weight is 189 g/mol. The summed E-state index contributed by atoms with van der Waals surface area (Å²) in [6.45, 7) is 3.63. The molecular weight excluding hydrogens is 176 g/mol. The summed E-state index contributed by atoms with van der Waals surface area (Å²) in [5.41, 5.74) is 1.83. The Hall–Kier alpha value is -0.540. The molecule has 0 radical (unpaired) electrons. The van der Waals surface area contributed by atoms with Gasteiger partial charge in [0.1, 0.15) is 5.15 Å². The monoisotopic (exact) mass is 188 g/mol. The number of hydrogen-bond acceptors (Lipinski definition) is 2. The smallest absolute Gasteiger partial charge is 0.130 e. The van der Waals surface area contributed by atoms with Crippen molar-refractivity contribution in [3.63, 3.8) is 0 Å². The van der Waals surface area contributed by atoms with E-state index in [1.807, 2.05) is 6.92 Å². The molecule has 4 heteroatoms. The van der Waals surface area contributed by atoms with Gasteiger partial charge in [0.2, 0.25) is 0 Å². The summed E-state index contributed by atoms with van der Waals surface area (Å²) in [5, 5.41) is 13.9. The van der Waals surface area contributed by atoms with E-state index in [0.29, 0.717) is 11.6 Å². The van der Waals surface area contributed by atoms with E-state index in [2.05, 4.69) is 5.10 Å². The molecule has 1 N–H and O–H groups in total. The highest BCUT2D eigenvalue weighted by atomic mass is 35.5. The van der Waals surface area contributed by atoms with Crippen molar-refractivity contribution in [1.82, 2.24) is 9.78 Å². The summed E-state index contributed by atoms with van der Waals surface area (Å²) in [5.74, 6) is 0. The first-order chi connectivity index (χ1) is 5.52. The summed E-state index contributed by atoms with van der Waals surface area (Å²) in [7, 11) is 1.79. The molecule has 0 saturated heterocycles. The number of rotatable bonds is 2. The minimum absolute atomic E-state index is 0.370. The highest BCUT2D eigenvalue weighted by Gasteiger charge is 2.12. The van der Waals surface area contributed by atoms with E-state index < -0.39 is 0 Å². The lowest BCUT2D eigenvalue weighted by Gasteiger charge is -2.02. The summed E-state index contributed by atoms with van der Waals surface area (Å²) >= 11 is 5.95. The largest absolute Gasteiger partial charge is 0.393 e. The molecule has 0 spiro atoms. The van der Waals surface area contributed by atoms with Crippen LogP contribution in [0.5, 0.6) is 0 Å². The van der Waals surface area contributed by atoms with Crippen LogP contribution >= 0.6 is 11.6 Å². The number of aliphatic hydroxyl groups is 1. The Kier molecular flexibility index (Phi) is 2.75. The molecule has 1 rings (SSSR count). The minimum Gasteiger partial charge on any atom is -0.393 e. The van der Waals surface area contributed by atoms with Crippen molar-refractivity contribution in [1.29, 1.82) is 0 Å². The van der Waals surface area contributed by atoms with E-state index in [-0.39, 0.29) is 6.10 Å². The van der Waals surface area contributed by atoms with Crippen molar-refractivity contribution < 1.29 is 5.11 Å². The van der Waals surface area contributed by atoms with Crippen LogP contribution in [0.3, 0.4) is 0 Å². The van der Waals surface area contributed by atoms with Crippen LogP contribution in [0.4, 0.5) is 0 Å². The maximum absolute atomic E-state index is 9.17. The van der Waals surface area contributed by atoms with Crippen molar-refractivity contribution in [2.24, 2.45) is 7.05 Å². The lowest BCUT2D eigenvalue weighted by atomic mass is 10.1. The quantitative estimate of drug-likeness (QED) is 0.760. The Morgan fingerprint density at radius 3 is 2.58 bits per heavy atom. The SMILES string of the molecule is Cc1nn(C)c(Cl)c1C[C@H](C)O. The molecule has 12 heavy (non-hydrogen) atoms. The molecule has 1 aromatic rings. The Morgan fingerprint density at radius 2 is 2.25 bits per heavy atom. The van der Waals surface area contributed by atoms with E-state index in [1.54, 1.807) is 18.7 Å². The van der Waals surface area contributed by atoms with Gasteiger partial charge in [-0.25, -0.2) is 0 Å². The first-order valence-electron chi connectivity index (χ1n) is 3.88. The van der Waals surface area contributed by atoms with Crippen LogP contribution in [0, 0.1) is 6.92 Å². The van der Waals surface area contributed by atoms with E-state index in [9.17, 15) is 0 Å². The molecule has 0 bridgehead atoms. The number of hydrogen-bond donors (Lipinski definition) is 1. The first kappa shape index (κ1) is 9.55. The predicted octanol–water partition coefficient (Wildman–Crippen LogP) is 1.31. The Morgan fingerprint density at radius 1 is 1.67 bits per heavy atom. The molecule has 0 unspecified atom stereocenters. The van der Waals surface area contributed by atoms with Gasteiger partial charge in [-0.3, -0.25) is 4.68 Å². The van der Waals surface area contributed by atoms with Crippen molar-refractivity contribution in [3.05, 3.63) is 16.4 Å². The normalized spacial score (nSPS) is 13.4. The molecule has 0 aliphatic carbocycles. The third-order valence-corrected chi connectivity index (χ3v) is 2.24. The Balaban J connectivity index is 2.97. The van der Waals surface area contributed by atoms with Gasteiger partial charge in [-0.05, 0) is 13.8 Å². The molecule has 1 atom stereocenters. The number of aliphatic hydroxyl groups excluding tert-OH is 1. The van der Waals surface area contributed by atoms with Crippen molar-refractivity contribution >= 4 is 11.6 Å². The van der Waals surface area contributed by atoms with Gasteiger partial charge in [0.15, 0.2) is 0 Å². The fourth-order valence-corrected chi connectivity index (χ4v) is 1.45. The van der Waals surface area contributed by atoms with E-state index in [1.165, 1.54) is 0 Å². The number of halogens is 1.